The second-order valence-electron chi connectivity index (χ2n) is 9.21. The number of likely N-dealkylation sites (tertiary alicyclic amines) is 1. The Labute approximate surface area is 176 Å². The molecule has 1 aromatic carbocycles. The van der Waals surface area contributed by atoms with Gasteiger partial charge in [-0.2, -0.15) is 0 Å². The topological polar surface area (TPSA) is 92.3 Å². The lowest BCUT2D eigenvalue weighted by molar-refractivity contribution is 0.0679. The van der Waals surface area contributed by atoms with E-state index < -0.39 is 0 Å². The second kappa shape index (κ2) is 7.76. The second-order valence-corrected chi connectivity index (χ2v) is 9.21. The molecule has 1 fully saturated rings. The molecular weight excluding hydrogens is 378 g/mol. The average Bonchev–Trinajstić information content (AvgIpc) is 3.16. The van der Waals surface area contributed by atoms with E-state index in [0.29, 0.717) is 35.7 Å². The highest BCUT2D eigenvalue weighted by Gasteiger charge is 2.28. The number of hydrogen-bond acceptors (Lipinski definition) is 4. The number of hydrogen-bond donors (Lipinski definition) is 2. The van der Waals surface area contributed by atoms with E-state index in [1.165, 1.54) is 0 Å². The Hall–Kier alpha value is -2.86. The summed E-state index contributed by atoms with van der Waals surface area (Å²) >= 11 is 0. The molecule has 2 aromatic heterocycles. The van der Waals surface area contributed by atoms with Gasteiger partial charge in [0, 0.05) is 35.8 Å². The van der Waals surface area contributed by atoms with E-state index in [0.717, 1.165) is 35.9 Å². The summed E-state index contributed by atoms with van der Waals surface area (Å²) in [5.41, 5.74) is 9.05. The van der Waals surface area contributed by atoms with Gasteiger partial charge in [0.2, 0.25) is 0 Å². The standard InChI is InChI=1S/C24H29N3O3/c1-24(2,3)20-11-16(17-7-4-8-26-22(17)28)10-18-19(14-30-21(18)20)23(29)27-9-5-6-15(12-25)13-27/h4,7-8,10-11,14-15H,5-6,9,12-13,25H2,1-3H3,(H,26,28). The van der Waals surface area contributed by atoms with Crippen molar-refractivity contribution in [2.45, 2.75) is 39.0 Å². The molecule has 6 nitrogen and oxygen atoms in total. The first-order valence-electron chi connectivity index (χ1n) is 10.5. The van der Waals surface area contributed by atoms with Crippen LogP contribution in [0.25, 0.3) is 22.1 Å². The molecule has 1 amide bonds. The quantitative estimate of drug-likeness (QED) is 0.689. The number of amides is 1. The summed E-state index contributed by atoms with van der Waals surface area (Å²) in [4.78, 5) is 30.4. The van der Waals surface area contributed by atoms with E-state index in [1.54, 1.807) is 24.6 Å². The normalized spacial score (nSPS) is 17.5. The van der Waals surface area contributed by atoms with Gasteiger partial charge in [0.1, 0.15) is 11.8 Å². The Kier molecular flexibility index (Phi) is 5.28. The summed E-state index contributed by atoms with van der Waals surface area (Å²) in [5, 5.41) is 0.751. The van der Waals surface area contributed by atoms with Crippen LogP contribution >= 0.6 is 0 Å². The Bertz CT molecular complexity index is 1140. The van der Waals surface area contributed by atoms with Crippen molar-refractivity contribution in [1.82, 2.24) is 9.88 Å². The molecule has 3 N–H and O–H groups in total. The number of benzene rings is 1. The number of furan rings is 1. The van der Waals surface area contributed by atoms with Gasteiger partial charge < -0.3 is 20.0 Å². The molecule has 30 heavy (non-hydrogen) atoms. The van der Waals surface area contributed by atoms with Crippen molar-refractivity contribution in [3.8, 4) is 11.1 Å². The van der Waals surface area contributed by atoms with Crippen molar-refractivity contribution in [1.29, 1.82) is 0 Å². The Balaban J connectivity index is 1.86. The molecule has 6 heteroatoms. The van der Waals surface area contributed by atoms with Crippen LogP contribution in [0.5, 0.6) is 0 Å². The van der Waals surface area contributed by atoms with E-state index in [-0.39, 0.29) is 16.9 Å². The van der Waals surface area contributed by atoms with Crippen LogP contribution in [-0.2, 0) is 5.41 Å². The first-order chi connectivity index (χ1) is 14.3. The molecule has 1 aliphatic rings. The zero-order valence-electron chi connectivity index (χ0n) is 17.8. The highest BCUT2D eigenvalue weighted by Crippen LogP contribution is 2.37. The fourth-order valence-corrected chi connectivity index (χ4v) is 4.28. The van der Waals surface area contributed by atoms with Crippen LogP contribution in [0.4, 0.5) is 0 Å². The van der Waals surface area contributed by atoms with Gasteiger partial charge in [-0.05, 0) is 60.5 Å². The fourth-order valence-electron chi connectivity index (χ4n) is 4.28. The third-order valence-electron chi connectivity index (χ3n) is 5.98. The number of nitrogens with one attached hydrogen (secondary N) is 1. The predicted octanol–water partition coefficient (Wildman–Crippen LogP) is 3.90. The van der Waals surface area contributed by atoms with Gasteiger partial charge in [0.05, 0.1) is 5.56 Å². The van der Waals surface area contributed by atoms with E-state index >= 15 is 0 Å². The molecule has 0 spiro atoms. The summed E-state index contributed by atoms with van der Waals surface area (Å²) < 4.78 is 5.93. The van der Waals surface area contributed by atoms with Gasteiger partial charge in [-0.15, -0.1) is 0 Å². The molecule has 3 heterocycles. The maximum atomic E-state index is 13.4. The van der Waals surface area contributed by atoms with Crippen LogP contribution in [0.15, 0.2) is 45.9 Å². The molecule has 0 bridgehead atoms. The maximum absolute atomic E-state index is 13.4. The lowest BCUT2D eigenvalue weighted by Gasteiger charge is -2.32. The molecule has 0 aliphatic carbocycles. The van der Waals surface area contributed by atoms with E-state index in [4.69, 9.17) is 10.2 Å². The van der Waals surface area contributed by atoms with Gasteiger partial charge in [0.15, 0.2) is 0 Å². The third-order valence-corrected chi connectivity index (χ3v) is 5.98. The van der Waals surface area contributed by atoms with Crippen molar-refractivity contribution in [2.75, 3.05) is 19.6 Å². The molecule has 1 unspecified atom stereocenters. The number of fused-ring (bicyclic) bond motifs is 1. The molecule has 158 valence electrons. The van der Waals surface area contributed by atoms with Crippen molar-refractivity contribution in [3.05, 3.63) is 58.2 Å². The zero-order chi connectivity index (χ0) is 21.5. The summed E-state index contributed by atoms with van der Waals surface area (Å²) in [5.74, 6) is 0.301. The SMILES string of the molecule is CC(C)(C)c1cc(-c2ccc[nH]c2=O)cc2c(C(=O)N3CCCC(CN)C3)coc12. The molecular formula is C24H29N3O3. The number of carbonyl (C=O) groups is 1. The van der Waals surface area contributed by atoms with Crippen molar-refractivity contribution >= 4 is 16.9 Å². The number of carbonyl (C=O) groups excluding carboxylic acids is 1. The highest BCUT2D eigenvalue weighted by molar-refractivity contribution is 6.07. The Morgan fingerprint density at radius 2 is 2.13 bits per heavy atom. The lowest BCUT2D eigenvalue weighted by atomic mass is 9.84. The van der Waals surface area contributed by atoms with Gasteiger partial charge in [-0.1, -0.05) is 20.8 Å². The number of aromatic amines is 1. The molecule has 1 atom stereocenters. The number of nitrogens with two attached hydrogens (primary N) is 1. The van der Waals surface area contributed by atoms with Crippen LogP contribution in [0.1, 0.15) is 49.5 Å². The smallest absolute Gasteiger partial charge is 0.257 e. The first kappa shape index (κ1) is 20.4. The number of pyridine rings is 1. The van der Waals surface area contributed by atoms with Crippen molar-refractivity contribution in [3.63, 3.8) is 0 Å². The third kappa shape index (κ3) is 3.67. The largest absolute Gasteiger partial charge is 0.463 e. The van der Waals surface area contributed by atoms with Gasteiger partial charge in [0.25, 0.3) is 11.5 Å². The molecule has 0 radical (unpaired) electrons. The summed E-state index contributed by atoms with van der Waals surface area (Å²) in [6.45, 7) is 8.28. The maximum Gasteiger partial charge on any atom is 0.257 e. The Morgan fingerprint density at radius 3 is 2.83 bits per heavy atom. The number of piperidine rings is 1. The van der Waals surface area contributed by atoms with Crippen molar-refractivity contribution in [2.24, 2.45) is 11.7 Å². The molecule has 0 saturated carbocycles. The van der Waals surface area contributed by atoms with Gasteiger partial charge in [-0.3, -0.25) is 9.59 Å². The van der Waals surface area contributed by atoms with Crippen LogP contribution in [0, 0.1) is 5.92 Å². The highest BCUT2D eigenvalue weighted by atomic mass is 16.3. The Morgan fingerprint density at radius 1 is 1.33 bits per heavy atom. The van der Waals surface area contributed by atoms with Crippen molar-refractivity contribution < 1.29 is 9.21 Å². The molecule has 1 aliphatic heterocycles. The summed E-state index contributed by atoms with van der Waals surface area (Å²) in [7, 11) is 0. The minimum Gasteiger partial charge on any atom is -0.463 e. The van der Waals surface area contributed by atoms with Crippen LogP contribution in [0.2, 0.25) is 0 Å². The fraction of sp³-hybridized carbons (Fsp3) is 0.417. The van der Waals surface area contributed by atoms with E-state index in [9.17, 15) is 9.59 Å². The lowest BCUT2D eigenvalue weighted by Crippen LogP contribution is -2.42. The molecule has 4 rings (SSSR count). The number of nitrogens with zero attached hydrogens (tertiary/aromatic N) is 1. The van der Waals surface area contributed by atoms with Crippen LogP contribution < -0.4 is 11.3 Å². The molecule has 1 saturated heterocycles. The minimum atomic E-state index is -0.219. The number of rotatable bonds is 3. The summed E-state index contributed by atoms with van der Waals surface area (Å²) in [6, 6.07) is 7.50. The predicted molar refractivity (Wildman–Crippen MR) is 119 cm³/mol. The van der Waals surface area contributed by atoms with Crippen LogP contribution in [0.3, 0.4) is 0 Å². The van der Waals surface area contributed by atoms with E-state index in [1.807, 2.05) is 17.0 Å². The minimum absolute atomic E-state index is 0.0362. The van der Waals surface area contributed by atoms with E-state index in [2.05, 4.69) is 25.8 Å². The first-order valence-corrected chi connectivity index (χ1v) is 10.5. The number of aromatic nitrogens is 1. The summed E-state index contributed by atoms with van der Waals surface area (Å²) in [6.07, 6.45) is 5.20. The van der Waals surface area contributed by atoms with Crippen LogP contribution in [-0.4, -0.2) is 35.4 Å². The number of H-pyrrole nitrogens is 1. The monoisotopic (exact) mass is 407 g/mol. The zero-order valence-corrected chi connectivity index (χ0v) is 17.8. The molecule has 3 aromatic rings. The average molecular weight is 408 g/mol. The van der Waals surface area contributed by atoms with Gasteiger partial charge >= 0.3 is 0 Å². The van der Waals surface area contributed by atoms with Gasteiger partial charge in [-0.25, -0.2) is 0 Å².